The number of anilines is 6. The van der Waals surface area contributed by atoms with Crippen molar-refractivity contribution < 1.29 is 0 Å². The van der Waals surface area contributed by atoms with Gasteiger partial charge in [0.05, 0.1) is 5.00 Å². The van der Waals surface area contributed by atoms with Crippen molar-refractivity contribution in [1.29, 1.82) is 0 Å². The number of benzene rings is 6. The van der Waals surface area contributed by atoms with Crippen LogP contribution < -0.4 is 26.2 Å². The molecule has 0 saturated heterocycles. The monoisotopic (exact) mass is 995 g/mol. The Hall–Kier alpha value is -5.06. The Morgan fingerprint density at radius 3 is 1.49 bits per heavy atom. The van der Waals surface area contributed by atoms with E-state index in [-0.39, 0.29) is 50.0 Å². The largest absolute Gasteiger partial charge is 0.311 e. The van der Waals surface area contributed by atoms with E-state index in [1.54, 1.807) is 0 Å². The molecule has 3 aliphatic carbocycles. The molecule has 0 unspecified atom stereocenters. The summed E-state index contributed by atoms with van der Waals surface area (Å²) in [5.41, 5.74) is 25.6. The van der Waals surface area contributed by atoms with Gasteiger partial charge in [-0.2, -0.15) is 0 Å². The van der Waals surface area contributed by atoms with Crippen molar-refractivity contribution in [2.45, 2.75) is 206 Å². The number of hydrogen-bond donors (Lipinski definition) is 0. The van der Waals surface area contributed by atoms with Gasteiger partial charge in [-0.15, -0.1) is 11.3 Å². The maximum absolute atomic E-state index is 2.77. The van der Waals surface area contributed by atoms with Crippen LogP contribution >= 0.6 is 11.3 Å². The molecule has 7 aromatic rings. The molecule has 2 aliphatic heterocycles. The molecule has 382 valence electrons. The van der Waals surface area contributed by atoms with Gasteiger partial charge in [0.15, 0.2) is 0 Å². The van der Waals surface area contributed by atoms with E-state index in [1.807, 2.05) is 0 Å². The molecule has 3 heterocycles. The maximum atomic E-state index is 2.77. The van der Waals surface area contributed by atoms with Gasteiger partial charge in [0.2, 0.25) is 0 Å². The van der Waals surface area contributed by atoms with Crippen LogP contribution in [-0.2, 0) is 43.3 Å². The van der Waals surface area contributed by atoms with E-state index in [2.05, 4.69) is 249 Å². The average Bonchev–Trinajstić information content (AvgIpc) is 3.76. The third-order valence-electron chi connectivity index (χ3n) is 19.8. The van der Waals surface area contributed by atoms with E-state index in [0.29, 0.717) is 0 Å². The van der Waals surface area contributed by atoms with Crippen LogP contribution in [0.5, 0.6) is 0 Å². The van der Waals surface area contributed by atoms with Crippen LogP contribution in [-0.4, -0.2) is 6.71 Å². The highest BCUT2D eigenvalue weighted by atomic mass is 32.1. The highest BCUT2D eigenvalue weighted by Gasteiger charge is 2.50. The molecular weight excluding hydrogens is 912 g/mol. The maximum Gasteiger partial charge on any atom is 0.254 e. The van der Waals surface area contributed by atoms with Gasteiger partial charge in [0.1, 0.15) is 0 Å². The molecule has 0 radical (unpaired) electrons. The molecule has 74 heavy (non-hydrogen) atoms. The lowest BCUT2D eigenvalue weighted by molar-refractivity contribution is 0.332. The Morgan fingerprint density at radius 2 is 0.919 bits per heavy atom. The predicted molar refractivity (Wildman–Crippen MR) is 325 cm³/mol. The smallest absolute Gasteiger partial charge is 0.254 e. The lowest BCUT2D eigenvalue weighted by Gasteiger charge is -2.47. The van der Waals surface area contributed by atoms with Crippen LogP contribution in [0, 0.1) is 0 Å². The predicted octanol–water partition coefficient (Wildman–Crippen LogP) is 18.3. The topological polar surface area (TPSA) is 6.48 Å². The summed E-state index contributed by atoms with van der Waals surface area (Å²) in [5.74, 6) is 0. The van der Waals surface area contributed by atoms with E-state index < -0.39 is 0 Å². The number of hydrogen-bond acceptors (Lipinski definition) is 3. The van der Waals surface area contributed by atoms with E-state index in [9.17, 15) is 0 Å². The molecule has 0 fully saturated rings. The molecule has 0 saturated carbocycles. The first-order valence-electron chi connectivity index (χ1n) is 28.3. The summed E-state index contributed by atoms with van der Waals surface area (Å²) in [5, 5.41) is 2.82. The quantitative estimate of drug-likeness (QED) is 0.163. The second-order valence-corrected chi connectivity index (χ2v) is 30.9. The Balaban J connectivity index is 1.27. The minimum Gasteiger partial charge on any atom is -0.311 e. The van der Waals surface area contributed by atoms with Crippen LogP contribution in [0.15, 0.2) is 103 Å². The zero-order valence-electron chi connectivity index (χ0n) is 48.4. The SMILES string of the molecule is CC(C)(C)c1ccc(N2c3cc4c(cc3B3c5c2cc(-c2ccccc2C(C)(C)C)cc5N(c2ccc5c(c2)C(C)(C)CCC5(C)C)c2sc5cc6c(cc5c23)C(C)(C)CCC6(C)C)C(C)(C)CCC4(C)C)cc1. The summed E-state index contributed by atoms with van der Waals surface area (Å²) in [6.07, 6.45) is 7.11. The molecule has 2 nitrogen and oxygen atoms in total. The van der Waals surface area contributed by atoms with Crippen LogP contribution in [0.25, 0.3) is 21.2 Å². The molecule has 0 spiro atoms. The second-order valence-electron chi connectivity index (χ2n) is 29.8. The Labute approximate surface area is 450 Å². The summed E-state index contributed by atoms with van der Waals surface area (Å²) in [7, 11) is 0. The fourth-order valence-electron chi connectivity index (χ4n) is 14.5. The van der Waals surface area contributed by atoms with Crippen molar-refractivity contribution in [2.24, 2.45) is 0 Å². The van der Waals surface area contributed by atoms with E-state index in [0.717, 1.165) is 0 Å². The van der Waals surface area contributed by atoms with Crippen molar-refractivity contribution in [1.82, 2.24) is 0 Å². The molecule has 4 heteroatoms. The third kappa shape index (κ3) is 7.43. The average molecular weight is 995 g/mol. The molecule has 0 amide bonds. The van der Waals surface area contributed by atoms with Crippen LogP contribution in [0.2, 0.25) is 0 Å². The zero-order chi connectivity index (χ0) is 52.8. The first kappa shape index (κ1) is 49.8. The molecular formula is C70H83BN2S. The van der Waals surface area contributed by atoms with Gasteiger partial charge in [-0.3, -0.25) is 0 Å². The van der Waals surface area contributed by atoms with Gasteiger partial charge < -0.3 is 9.80 Å². The van der Waals surface area contributed by atoms with Crippen molar-refractivity contribution in [3.8, 4) is 11.1 Å². The number of nitrogens with zero attached hydrogens (tertiary/aromatic N) is 2. The van der Waals surface area contributed by atoms with Gasteiger partial charge in [0, 0.05) is 33.1 Å². The van der Waals surface area contributed by atoms with Gasteiger partial charge in [-0.05, 0) is 214 Å². The van der Waals surface area contributed by atoms with E-state index >= 15 is 0 Å². The Morgan fingerprint density at radius 1 is 0.432 bits per heavy atom. The van der Waals surface area contributed by atoms with Crippen LogP contribution in [0.3, 0.4) is 0 Å². The molecule has 5 aliphatic rings. The standard InChI is InChI=1S/C70H83BN2S/c1-63(2,3)43-23-25-44(26-24-43)72-56-40-53-52(68(13,14)32-33-69(53,15)16)39-55(56)71-60-47-38-51-54(70(17,18)34-31-67(51,11)12)41-59(47)74-62(60)73(45-27-28-49-50(37-45)66(9,10)30-29-65(49,7)8)58-36-42(35-57(72)61(58)71)46-21-19-20-22-48(46)64(4,5)6/h19-28,35-41H,29-34H2,1-18H3. The Bertz CT molecular complexity index is 3480. The molecule has 0 bridgehead atoms. The fourth-order valence-corrected chi connectivity index (χ4v) is 15.8. The second kappa shape index (κ2) is 15.8. The van der Waals surface area contributed by atoms with Gasteiger partial charge in [-0.25, -0.2) is 0 Å². The lowest BCUT2D eigenvalue weighted by Crippen LogP contribution is -2.61. The molecule has 1 aromatic heterocycles. The van der Waals surface area contributed by atoms with Crippen LogP contribution in [0.4, 0.5) is 33.4 Å². The van der Waals surface area contributed by atoms with E-state index in [4.69, 9.17) is 0 Å². The highest BCUT2D eigenvalue weighted by molar-refractivity contribution is 7.26. The van der Waals surface area contributed by atoms with Gasteiger partial charge >= 0.3 is 0 Å². The first-order chi connectivity index (χ1) is 34.4. The van der Waals surface area contributed by atoms with Crippen molar-refractivity contribution >= 4 is 78.0 Å². The minimum atomic E-state index is -0.0608. The Kier molecular flexibility index (Phi) is 10.6. The summed E-state index contributed by atoms with van der Waals surface area (Å²) < 4.78 is 1.41. The lowest BCUT2D eigenvalue weighted by atomic mass is 9.33. The summed E-state index contributed by atoms with van der Waals surface area (Å²) in [4.78, 5) is 5.48. The van der Waals surface area contributed by atoms with Crippen molar-refractivity contribution in [2.75, 3.05) is 9.80 Å². The molecule has 0 N–H and O–H groups in total. The summed E-state index contributed by atoms with van der Waals surface area (Å²) in [6, 6.07) is 42.6. The van der Waals surface area contributed by atoms with Gasteiger partial charge in [0.25, 0.3) is 6.71 Å². The normalized spacial score (nSPS) is 20.3. The summed E-state index contributed by atoms with van der Waals surface area (Å²) >= 11 is 2.05. The van der Waals surface area contributed by atoms with Crippen molar-refractivity contribution in [3.63, 3.8) is 0 Å². The highest BCUT2D eigenvalue weighted by Crippen LogP contribution is 2.56. The minimum absolute atomic E-state index is 0.0175. The zero-order valence-corrected chi connectivity index (χ0v) is 49.3. The third-order valence-corrected chi connectivity index (χ3v) is 20.9. The first-order valence-corrected chi connectivity index (χ1v) is 29.2. The number of thiophene rings is 1. The molecule has 0 atom stereocenters. The summed E-state index contributed by atoms with van der Waals surface area (Å²) in [6.45, 7) is 44.1. The molecule has 6 aromatic carbocycles. The van der Waals surface area contributed by atoms with E-state index in [1.165, 1.54) is 154 Å². The number of fused-ring (bicyclic) bond motifs is 9. The molecule has 12 rings (SSSR count). The fraction of sp³-hybridized carbons (Fsp3) is 0.457. The van der Waals surface area contributed by atoms with Gasteiger partial charge in [-0.1, -0.05) is 173 Å². The van der Waals surface area contributed by atoms with Crippen LogP contribution in [0.1, 0.15) is 208 Å². The van der Waals surface area contributed by atoms with Crippen molar-refractivity contribution in [3.05, 3.63) is 148 Å². The number of rotatable bonds is 3.